The third-order valence-corrected chi connectivity index (χ3v) is 3.06. The van der Waals surface area contributed by atoms with Crippen molar-refractivity contribution in [3.8, 4) is 0 Å². The van der Waals surface area contributed by atoms with Crippen molar-refractivity contribution in [1.29, 1.82) is 0 Å². The van der Waals surface area contributed by atoms with Crippen LogP contribution in [0.2, 0.25) is 0 Å². The normalized spacial score (nSPS) is 21.8. The molecule has 5 heteroatoms. The molecule has 0 aliphatic heterocycles. The van der Waals surface area contributed by atoms with E-state index in [1.54, 1.807) is 0 Å². The van der Waals surface area contributed by atoms with E-state index in [-0.39, 0.29) is 17.6 Å². The smallest absolute Gasteiger partial charge is 0.328 e. The molecule has 0 heterocycles. The lowest BCUT2D eigenvalue weighted by molar-refractivity contribution is -0.145. The van der Waals surface area contributed by atoms with Crippen molar-refractivity contribution in [2.75, 3.05) is 7.11 Å². The van der Waals surface area contributed by atoms with Gasteiger partial charge in [0, 0.05) is 19.3 Å². The van der Waals surface area contributed by atoms with Gasteiger partial charge in [-0.05, 0) is 19.3 Å². The second-order valence-electron chi connectivity index (χ2n) is 4.42. The number of ether oxygens (including phenoxy) is 1. The number of rotatable bonds is 4. The summed E-state index contributed by atoms with van der Waals surface area (Å²) >= 11 is 0. The van der Waals surface area contributed by atoms with Gasteiger partial charge in [0.2, 0.25) is 5.91 Å². The monoisotopic (exact) mass is 241 g/mol. The summed E-state index contributed by atoms with van der Waals surface area (Å²) in [4.78, 5) is 34.1. The van der Waals surface area contributed by atoms with Gasteiger partial charge in [-0.1, -0.05) is 6.42 Å². The number of carbonyl (C=O) groups is 3. The van der Waals surface area contributed by atoms with Crippen LogP contribution in [0.1, 0.15) is 39.0 Å². The molecule has 0 bridgehead atoms. The van der Waals surface area contributed by atoms with E-state index in [4.69, 9.17) is 0 Å². The second kappa shape index (κ2) is 6.37. The molecule has 1 aliphatic carbocycles. The number of nitrogens with one attached hydrogen (secondary N) is 1. The highest BCUT2D eigenvalue weighted by Gasteiger charge is 2.29. The first kappa shape index (κ1) is 13.7. The predicted molar refractivity (Wildman–Crippen MR) is 61.2 cm³/mol. The van der Waals surface area contributed by atoms with Crippen LogP contribution in [-0.2, 0) is 19.1 Å². The van der Waals surface area contributed by atoms with Crippen molar-refractivity contribution in [3.63, 3.8) is 0 Å². The van der Waals surface area contributed by atoms with Crippen molar-refractivity contribution in [2.45, 2.75) is 45.1 Å². The van der Waals surface area contributed by atoms with Gasteiger partial charge in [0.15, 0.2) is 0 Å². The molecular formula is C12H19NO4. The molecule has 5 nitrogen and oxygen atoms in total. The highest BCUT2D eigenvalue weighted by atomic mass is 16.5. The first-order valence-electron chi connectivity index (χ1n) is 5.92. The fraction of sp³-hybridized carbons (Fsp3) is 0.750. The number of ketones is 1. The number of amides is 1. The van der Waals surface area contributed by atoms with E-state index in [1.807, 2.05) is 0 Å². The molecule has 2 unspecified atom stereocenters. The van der Waals surface area contributed by atoms with Crippen LogP contribution in [-0.4, -0.2) is 30.8 Å². The van der Waals surface area contributed by atoms with E-state index < -0.39 is 12.0 Å². The fourth-order valence-corrected chi connectivity index (χ4v) is 2.19. The average Bonchev–Trinajstić information content (AvgIpc) is 2.29. The van der Waals surface area contributed by atoms with Gasteiger partial charge in [-0.15, -0.1) is 0 Å². The van der Waals surface area contributed by atoms with Crippen molar-refractivity contribution in [1.82, 2.24) is 5.32 Å². The standard InChI is InChI=1S/C12H19NO4/c1-8(14)13-10(12(16)17-2)7-9-5-3-4-6-11(9)15/h9-10H,3-7H2,1-2H3,(H,13,14). The molecule has 1 aliphatic rings. The highest BCUT2D eigenvalue weighted by molar-refractivity contribution is 5.85. The Morgan fingerprint density at radius 2 is 2.18 bits per heavy atom. The number of carbonyl (C=O) groups excluding carboxylic acids is 3. The van der Waals surface area contributed by atoms with Crippen LogP contribution in [0.3, 0.4) is 0 Å². The van der Waals surface area contributed by atoms with Gasteiger partial charge in [0.1, 0.15) is 11.8 Å². The van der Waals surface area contributed by atoms with Crippen LogP contribution in [0, 0.1) is 5.92 Å². The zero-order chi connectivity index (χ0) is 12.8. The van der Waals surface area contributed by atoms with Gasteiger partial charge in [-0.2, -0.15) is 0 Å². The summed E-state index contributed by atoms with van der Waals surface area (Å²) in [5.41, 5.74) is 0. The second-order valence-corrected chi connectivity index (χ2v) is 4.42. The lowest BCUT2D eigenvalue weighted by atomic mass is 9.83. The molecule has 0 radical (unpaired) electrons. The summed E-state index contributed by atoms with van der Waals surface area (Å²) in [5, 5.41) is 2.53. The first-order chi connectivity index (χ1) is 8.04. The Morgan fingerprint density at radius 1 is 1.47 bits per heavy atom. The molecule has 96 valence electrons. The van der Waals surface area contributed by atoms with Crippen LogP contribution < -0.4 is 5.32 Å². The SMILES string of the molecule is COC(=O)C(CC1CCCCC1=O)NC(C)=O. The van der Waals surface area contributed by atoms with Crippen molar-refractivity contribution >= 4 is 17.7 Å². The van der Waals surface area contributed by atoms with E-state index in [2.05, 4.69) is 10.1 Å². The van der Waals surface area contributed by atoms with Gasteiger partial charge >= 0.3 is 5.97 Å². The average molecular weight is 241 g/mol. The van der Waals surface area contributed by atoms with E-state index in [0.717, 1.165) is 19.3 Å². The molecular weight excluding hydrogens is 222 g/mol. The zero-order valence-corrected chi connectivity index (χ0v) is 10.3. The first-order valence-corrected chi connectivity index (χ1v) is 5.92. The quantitative estimate of drug-likeness (QED) is 0.739. The molecule has 0 spiro atoms. The van der Waals surface area contributed by atoms with Crippen LogP contribution in [0.4, 0.5) is 0 Å². The maximum atomic E-state index is 11.7. The Kier molecular flexibility index (Phi) is 5.12. The zero-order valence-electron chi connectivity index (χ0n) is 10.3. The van der Waals surface area contributed by atoms with Crippen LogP contribution in [0.5, 0.6) is 0 Å². The van der Waals surface area contributed by atoms with Crippen molar-refractivity contribution in [3.05, 3.63) is 0 Å². The van der Waals surface area contributed by atoms with E-state index >= 15 is 0 Å². The van der Waals surface area contributed by atoms with E-state index in [9.17, 15) is 14.4 Å². The molecule has 1 amide bonds. The topological polar surface area (TPSA) is 72.5 Å². The Balaban J connectivity index is 2.60. The minimum absolute atomic E-state index is 0.125. The molecule has 0 saturated heterocycles. The summed E-state index contributed by atoms with van der Waals surface area (Å²) in [5.74, 6) is -0.711. The maximum Gasteiger partial charge on any atom is 0.328 e. The van der Waals surface area contributed by atoms with Gasteiger partial charge in [0.25, 0.3) is 0 Å². The molecule has 17 heavy (non-hydrogen) atoms. The maximum absolute atomic E-state index is 11.7. The molecule has 0 aromatic heterocycles. The van der Waals surface area contributed by atoms with Gasteiger partial charge in [-0.25, -0.2) is 4.79 Å². The molecule has 0 aromatic carbocycles. The molecule has 1 fully saturated rings. The number of esters is 1. The lowest BCUT2D eigenvalue weighted by Gasteiger charge is -2.24. The van der Waals surface area contributed by atoms with Crippen LogP contribution >= 0.6 is 0 Å². The summed E-state index contributed by atoms with van der Waals surface area (Å²) in [7, 11) is 1.28. The number of methoxy groups -OCH3 is 1. The highest BCUT2D eigenvalue weighted by Crippen LogP contribution is 2.24. The lowest BCUT2D eigenvalue weighted by Crippen LogP contribution is -2.43. The van der Waals surface area contributed by atoms with Gasteiger partial charge in [-0.3, -0.25) is 9.59 Å². The van der Waals surface area contributed by atoms with E-state index in [0.29, 0.717) is 12.8 Å². The molecule has 2 atom stereocenters. The summed E-state index contributed by atoms with van der Waals surface area (Å²) in [6.45, 7) is 1.35. The van der Waals surface area contributed by atoms with Crippen LogP contribution in [0.15, 0.2) is 0 Å². The number of hydrogen-bond donors (Lipinski definition) is 1. The van der Waals surface area contributed by atoms with Crippen LogP contribution in [0.25, 0.3) is 0 Å². The predicted octanol–water partition coefficient (Wildman–Crippen LogP) is 0.813. The molecule has 1 rings (SSSR count). The number of hydrogen-bond acceptors (Lipinski definition) is 4. The van der Waals surface area contributed by atoms with Gasteiger partial charge in [0.05, 0.1) is 7.11 Å². The van der Waals surface area contributed by atoms with Crippen molar-refractivity contribution < 1.29 is 19.1 Å². The summed E-state index contributed by atoms with van der Waals surface area (Å²) in [6, 6.07) is -0.704. The molecule has 1 saturated carbocycles. The Bertz CT molecular complexity index is 314. The Labute approximate surface area is 101 Å². The van der Waals surface area contributed by atoms with Gasteiger partial charge < -0.3 is 10.1 Å². The fourth-order valence-electron chi connectivity index (χ4n) is 2.19. The summed E-state index contributed by atoms with van der Waals surface area (Å²) in [6.07, 6.45) is 3.67. The Hall–Kier alpha value is -1.39. The van der Waals surface area contributed by atoms with Crippen molar-refractivity contribution in [2.24, 2.45) is 5.92 Å². The Morgan fingerprint density at radius 3 is 2.71 bits per heavy atom. The summed E-state index contributed by atoms with van der Waals surface area (Å²) < 4.78 is 4.63. The minimum atomic E-state index is -0.704. The number of Topliss-reactive ketones (excluding diaryl/α,β-unsaturated/α-hetero) is 1. The molecule has 0 aromatic rings. The third-order valence-electron chi connectivity index (χ3n) is 3.06. The minimum Gasteiger partial charge on any atom is -0.467 e. The van der Waals surface area contributed by atoms with E-state index in [1.165, 1.54) is 14.0 Å². The largest absolute Gasteiger partial charge is 0.467 e. The molecule has 1 N–H and O–H groups in total. The third kappa shape index (κ3) is 4.17.